The smallest absolute Gasteiger partial charge is 0.212 e. The molecule has 0 aliphatic carbocycles. The molecule has 0 aliphatic rings. The van der Waals surface area contributed by atoms with Crippen LogP contribution < -0.4 is 4.72 Å². The SMILES string of the molecule is O=S(=O)(Cl)CCNS(=O)(=O)c1cc(Cl)sc1Cl. The minimum atomic E-state index is -3.87. The molecule has 0 saturated carbocycles. The zero-order chi connectivity index (χ0) is 13.3. The first-order chi connectivity index (χ1) is 7.62. The molecule has 0 fully saturated rings. The molecule has 5 nitrogen and oxygen atoms in total. The standard InChI is InChI=1S/C6H6Cl3NO4S3/c7-5-3-4(6(8)15-5)17(13,14)10-1-2-16(9,11)12/h3,10H,1-2H2. The summed E-state index contributed by atoms with van der Waals surface area (Å²) in [4.78, 5) is -0.180. The molecule has 1 heterocycles. The first-order valence-electron chi connectivity index (χ1n) is 3.99. The minimum absolute atomic E-state index is 0.0104. The Hall–Kier alpha value is 0.430. The number of hydrogen-bond donors (Lipinski definition) is 1. The van der Waals surface area contributed by atoms with Crippen LogP contribution in [0.5, 0.6) is 0 Å². The average Bonchev–Trinajstić information content (AvgIpc) is 2.43. The van der Waals surface area contributed by atoms with Crippen molar-refractivity contribution in [3.63, 3.8) is 0 Å². The first-order valence-corrected chi connectivity index (χ1v) is 9.52. The summed E-state index contributed by atoms with van der Waals surface area (Å²) in [5.41, 5.74) is 0. The fourth-order valence-electron chi connectivity index (χ4n) is 0.884. The lowest BCUT2D eigenvalue weighted by molar-refractivity contribution is 0.583. The zero-order valence-electron chi connectivity index (χ0n) is 7.98. The largest absolute Gasteiger partial charge is 0.242 e. The van der Waals surface area contributed by atoms with Gasteiger partial charge in [-0.25, -0.2) is 21.6 Å². The molecular weight excluding hydrogens is 353 g/mol. The molecule has 98 valence electrons. The molecule has 1 N–H and O–H groups in total. The molecule has 0 aromatic carbocycles. The summed E-state index contributed by atoms with van der Waals surface area (Å²) in [5, 5.41) is 0. The molecule has 1 aromatic rings. The van der Waals surface area contributed by atoms with Crippen LogP contribution >= 0.6 is 45.2 Å². The predicted molar refractivity (Wildman–Crippen MR) is 69.2 cm³/mol. The summed E-state index contributed by atoms with van der Waals surface area (Å²) >= 11 is 12.2. The maximum atomic E-state index is 11.7. The molecule has 0 radical (unpaired) electrons. The fraction of sp³-hybridized carbons (Fsp3) is 0.333. The van der Waals surface area contributed by atoms with Crippen molar-refractivity contribution in [1.29, 1.82) is 0 Å². The lowest BCUT2D eigenvalue weighted by Crippen LogP contribution is -2.28. The van der Waals surface area contributed by atoms with E-state index in [2.05, 4.69) is 4.72 Å². The van der Waals surface area contributed by atoms with Gasteiger partial charge >= 0.3 is 0 Å². The van der Waals surface area contributed by atoms with E-state index in [0.717, 1.165) is 11.3 Å². The molecule has 0 amide bonds. The van der Waals surface area contributed by atoms with Gasteiger partial charge in [-0.15, -0.1) is 11.3 Å². The van der Waals surface area contributed by atoms with Crippen LogP contribution in [-0.2, 0) is 19.1 Å². The summed E-state index contributed by atoms with van der Waals surface area (Å²) in [6.45, 7) is -0.335. The Morgan fingerprint density at radius 1 is 1.24 bits per heavy atom. The lowest BCUT2D eigenvalue weighted by atomic mass is 10.7. The monoisotopic (exact) mass is 357 g/mol. The molecule has 1 rings (SSSR count). The van der Waals surface area contributed by atoms with Gasteiger partial charge in [0.1, 0.15) is 9.23 Å². The maximum Gasteiger partial charge on any atom is 0.242 e. The van der Waals surface area contributed by atoms with E-state index in [1.54, 1.807) is 0 Å². The van der Waals surface area contributed by atoms with Crippen molar-refractivity contribution in [2.75, 3.05) is 12.3 Å². The molecular formula is C6H6Cl3NO4S3. The van der Waals surface area contributed by atoms with Crippen molar-refractivity contribution < 1.29 is 16.8 Å². The van der Waals surface area contributed by atoms with E-state index >= 15 is 0 Å². The van der Waals surface area contributed by atoms with Gasteiger partial charge in [0.25, 0.3) is 0 Å². The third-order valence-electron chi connectivity index (χ3n) is 1.55. The summed E-state index contributed by atoms with van der Waals surface area (Å²) in [6, 6.07) is 1.19. The van der Waals surface area contributed by atoms with Gasteiger partial charge in [-0.2, -0.15) is 0 Å². The second-order valence-electron chi connectivity index (χ2n) is 2.83. The number of rotatable bonds is 5. The van der Waals surface area contributed by atoms with Crippen LogP contribution in [0.1, 0.15) is 0 Å². The van der Waals surface area contributed by atoms with Gasteiger partial charge in [-0.05, 0) is 6.07 Å². The number of sulfonamides is 1. The van der Waals surface area contributed by atoms with Crippen molar-refractivity contribution >= 4 is 64.3 Å². The molecule has 0 aliphatic heterocycles. The third kappa shape index (κ3) is 4.90. The highest BCUT2D eigenvalue weighted by Crippen LogP contribution is 2.33. The second kappa shape index (κ2) is 5.60. The van der Waals surface area contributed by atoms with Crippen LogP contribution in [-0.4, -0.2) is 29.1 Å². The molecule has 0 spiro atoms. The summed E-state index contributed by atoms with van der Waals surface area (Å²) in [7, 11) is -2.68. The van der Waals surface area contributed by atoms with Crippen molar-refractivity contribution in [3.8, 4) is 0 Å². The number of hydrogen-bond acceptors (Lipinski definition) is 5. The highest BCUT2D eigenvalue weighted by molar-refractivity contribution is 8.13. The van der Waals surface area contributed by atoms with Gasteiger partial charge in [0.05, 0.1) is 10.1 Å². The summed E-state index contributed by atoms with van der Waals surface area (Å²) < 4.78 is 46.8. The van der Waals surface area contributed by atoms with Gasteiger partial charge in [0.2, 0.25) is 19.1 Å². The molecule has 17 heavy (non-hydrogen) atoms. The second-order valence-corrected chi connectivity index (χ2v) is 9.75. The summed E-state index contributed by atoms with van der Waals surface area (Å²) in [6.07, 6.45) is 0. The number of nitrogens with one attached hydrogen (secondary N) is 1. The molecule has 11 heteroatoms. The van der Waals surface area contributed by atoms with Crippen molar-refractivity contribution in [1.82, 2.24) is 4.72 Å². The molecule has 0 unspecified atom stereocenters. The van der Waals surface area contributed by atoms with Crippen LogP contribution in [0.15, 0.2) is 11.0 Å². The van der Waals surface area contributed by atoms with Crippen LogP contribution in [0, 0.1) is 0 Å². The molecule has 0 bridgehead atoms. The Balaban J connectivity index is 2.80. The van der Waals surface area contributed by atoms with E-state index in [0.29, 0.717) is 0 Å². The van der Waals surface area contributed by atoms with Crippen LogP contribution in [0.25, 0.3) is 0 Å². The van der Waals surface area contributed by atoms with E-state index < -0.39 is 24.8 Å². The molecule has 0 atom stereocenters. The average molecular weight is 359 g/mol. The van der Waals surface area contributed by atoms with E-state index in [9.17, 15) is 16.8 Å². The maximum absolute atomic E-state index is 11.7. The third-order valence-corrected chi connectivity index (χ3v) is 5.92. The topological polar surface area (TPSA) is 80.3 Å². The van der Waals surface area contributed by atoms with E-state index in [1.807, 2.05) is 0 Å². The Morgan fingerprint density at radius 2 is 1.82 bits per heavy atom. The fourth-order valence-corrected chi connectivity index (χ4v) is 4.77. The lowest BCUT2D eigenvalue weighted by Gasteiger charge is -2.03. The van der Waals surface area contributed by atoms with E-state index in [4.69, 9.17) is 33.9 Å². The van der Waals surface area contributed by atoms with Crippen molar-refractivity contribution in [2.45, 2.75) is 4.90 Å². The highest BCUT2D eigenvalue weighted by atomic mass is 35.7. The highest BCUT2D eigenvalue weighted by Gasteiger charge is 2.21. The van der Waals surface area contributed by atoms with Crippen molar-refractivity contribution in [3.05, 3.63) is 14.7 Å². The molecule has 1 aromatic heterocycles. The summed E-state index contributed by atoms with van der Waals surface area (Å²) in [5.74, 6) is -0.511. The van der Waals surface area contributed by atoms with Crippen molar-refractivity contribution in [2.24, 2.45) is 0 Å². The van der Waals surface area contributed by atoms with Gasteiger partial charge in [0.15, 0.2) is 0 Å². The molecule has 0 saturated heterocycles. The van der Waals surface area contributed by atoms with Gasteiger partial charge < -0.3 is 0 Å². The van der Waals surface area contributed by atoms with Crippen LogP contribution in [0.4, 0.5) is 0 Å². The Kier molecular flexibility index (Phi) is 5.10. The number of halogens is 3. The Labute approximate surface area is 117 Å². The van der Waals surface area contributed by atoms with Gasteiger partial charge in [0, 0.05) is 17.2 Å². The van der Waals surface area contributed by atoms with Gasteiger partial charge in [-0.1, -0.05) is 23.2 Å². The van der Waals surface area contributed by atoms with Crippen LogP contribution in [0.2, 0.25) is 8.67 Å². The van der Waals surface area contributed by atoms with Gasteiger partial charge in [-0.3, -0.25) is 0 Å². The Morgan fingerprint density at radius 3 is 2.24 bits per heavy atom. The number of thiophene rings is 1. The zero-order valence-corrected chi connectivity index (χ0v) is 12.7. The normalized spacial score (nSPS) is 12.9. The van der Waals surface area contributed by atoms with E-state index in [1.165, 1.54) is 6.07 Å². The predicted octanol–water partition coefficient (Wildman–Crippen LogP) is 1.90. The minimum Gasteiger partial charge on any atom is -0.212 e. The van der Waals surface area contributed by atoms with Crippen LogP contribution in [0.3, 0.4) is 0 Å². The first kappa shape index (κ1) is 15.5. The Bertz CT molecular complexity index is 606. The van der Waals surface area contributed by atoms with E-state index in [-0.39, 0.29) is 20.1 Å². The quantitative estimate of drug-likeness (QED) is 0.815.